The van der Waals surface area contributed by atoms with Crippen LogP contribution in [0.15, 0.2) is 46.9 Å². The number of carbonyl (C=O) groups is 1. The van der Waals surface area contributed by atoms with Crippen LogP contribution in [0.4, 0.5) is 5.69 Å². The van der Waals surface area contributed by atoms with Gasteiger partial charge in [0.15, 0.2) is 6.10 Å². The van der Waals surface area contributed by atoms with E-state index in [1.807, 2.05) is 30.3 Å². The lowest BCUT2D eigenvalue weighted by atomic mass is 10.2. The smallest absolute Gasteiger partial charge is 0.265 e. The Balaban J connectivity index is 1.99. The molecular formula is C17H17BrClNO2. The monoisotopic (exact) mass is 381 g/mol. The van der Waals surface area contributed by atoms with Gasteiger partial charge in [-0.05, 0) is 49.2 Å². The van der Waals surface area contributed by atoms with Gasteiger partial charge >= 0.3 is 0 Å². The van der Waals surface area contributed by atoms with E-state index in [-0.39, 0.29) is 5.91 Å². The van der Waals surface area contributed by atoms with Crippen molar-refractivity contribution in [3.8, 4) is 5.75 Å². The molecule has 1 amide bonds. The van der Waals surface area contributed by atoms with E-state index in [9.17, 15) is 4.79 Å². The summed E-state index contributed by atoms with van der Waals surface area (Å²) in [5.41, 5.74) is 1.79. The van der Waals surface area contributed by atoms with E-state index in [2.05, 4.69) is 28.2 Å². The summed E-state index contributed by atoms with van der Waals surface area (Å²) in [4.78, 5) is 12.2. The number of halogens is 2. The van der Waals surface area contributed by atoms with Crippen LogP contribution in [0.2, 0.25) is 5.02 Å². The molecule has 1 N–H and O–H groups in total. The largest absolute Gasteiger partial charge is 0.481 e. The number of rotatable bonds is 5. The Morgan fingerprint density at radius 2 is 1.95 bits per heavy atom. The molecule has 0 saturated heterocycles. The van der Waals surface area contributed by atoms with Crippen LogP contribution in [-0.4, -0.2) is 12.0 Å². The van der Waals surface area contributed by atoms with Crippen LogP contribution in [-0.2, 0) is 11.2 Å². The van der Waals surface area contributed by atoms with Crippen LogP contribution >= 0.6 is 27.5 Å². The molecule has 0 saturated carbocycles. The van der Waals surface area contributed by atoms with Gasteiger partial charge in [0.25, 0.3) is 5.91 Å². The Morgan fingerprint density at radius 3 is 2.55 bits per heavy atom. The third-order valence-corrected chi connectivity index (χ3v) is 4.01. The zero-order chi connectivity index (χ0) is 16.1. The Hall–Kier alpha value is -1.52. The molecule has 0 fully saturated rings. The van der Waals surface area contributed by atoms with Gasteiger partial charge in [-0.15, -0.1) is 0 Å². The maximum absolute atomic E-state index is 12.2. The SMILES string of the molecule is CCc1ccc(OC(C)C(=O)Nc2ccc(Br)cc2Cl)cc1. The van der Waals surface area contributed by atoms with Crippen molar-refractivity contribution in [1.82, 2.24) is 0 Å². The molecule has 22 heavy (non-hydrogen) atoms. The highest BCUT2D eigenvalue weighted by Gasteiger charge is 2.16. The molecule has 5 heteroatoms. The maximum atomic E-state index is 12.2. The molecule has 0 aliphatic heterocycles. The molecule has 0 heterocycles. The standard InChI is InChI=1S/C17H17BrClNO2/c1-3-12-4-7-14(8-5-12)22-11(2)17(21)20-16-9-6-13(18)10-15(16)19/h4-11H,3H2,1-2H3,(H,20,21). The van der Waals surface area contributed by atoms with Gasteiger partial charge < -0.3 is 10.1 Å². The van der Waals surface area contributed by atoms with Crippen molar-refractivity contribution in [3.05, 3.63) is 57.5 Å². The first-order valence-electron chi connectivity index (χ1n) is 7.01. The number of amides is 1. The number of carbonyl (C=O) groups excluding carboxylic acids is 1. The van der Waals surface area contributed by atoms with Crippen LogP contribution < -0.4 is 10.1 Å². The van der Waals surface area contributed by atoms with E-state index < -0.39 is 6.10 Å². The summed E-state index contributed by atoms with van der Waals surface area (Å²) in [6.07, 6.45) is 0.352. The Bertz CT molecular complexity index is 658. The van der Waals surface area contributed by atoms with Crippen molar-refractivity contribution in [3.63, 3.8) is 0 Å². The van der Waals surface area contributed by atoms with Crippen LogP contribution in [0.5, 0.6) is 5.75 Å². The molecule has 0 bridgehead atoms. The van der Waals surface area contributed by atoms with Crippen molar-refractivity contribution in [2.75, 3.05) is 5.32 Å². The fraction of sp³-hybridized carbons (Fsp3) is 0.235. The average molecular weight is 383 g/mol. The number of ether oxygens (including phenoxy) is 1. The van der Waals surface area contributed by atoms with Crippen molar-refractivity contribution < 1.29 is 9.53 Å². The van der Waals surface area contributed by atoms with Crippen molar-refractivity contribution >= 4 is 39.1 Å². The Labute approximate surface area is 143 Å². The third kappa shape index (κ3) is 4.49. The zero-order valence-corrected chi connectivity index (χ0v) is 14.7. The lowest BCUT2D eigenvalue weighted by molar-refractivity contribution is -0.122. The van der Waals surface area contributed by atoms with E-state index in [4.69, 9.17) is 16.3 Å². The van der Waals surface area contributed by atoms with Crippen LogP contribution in [0.3, 0.4) is 0 Å². The van der Waals surface area contributed by atoms with Crippen LogP contribution in [0.25, 0.3) is 0 Å². The predicted octanol–water partition coefficient (Wildman–Crippen LogP) is 5.07. The van der Waals surface area contributed by atoms with Crippen molar-refractivity contribution in [2.45, 2.75) is 26.4 Å². The van der Waals surface area contributed by atoms with E-state index in [1.54, 1.807) is 19.1 Å². The molecule has 1 atom stereocenters. The number of nitrogens with one attached hydrogen (secondary N) is 1. The molecule has 0 radical (unpaired) electrons. The van der Waals surface area contributed by atoms with Gasteiger partial charge in [0.05, 0.1) is 10.7 Å². The molecule has 2 rings (SSSR count). The van der Waals surface area contributed by atoms with E-state index in [1.165, 1.54) is 5.56 Å². The molecule has 2 aromatic carbocycles. The van der Waals surface area contributed by atoms with E-state index >= 15 is 0 Å². The molecule has 0 aromatic heterocycles. The highest BCUT2D eigenvalue weighted by atomic mass is 79.9. The first kappa shape index (κ1) is 16.8. The summed E-state index contributed by atoms with van der Waals surface area (Å²) < 4.78 is 6.50. The quantitative estimate of drug-likeness (QED) is 0.784. The minimum Gasteiger partial charge on any atom is -0.481 e. The lowest BCUT2D eigenvalue weighted by Crippen LogP contribution is -2.30. The first-order valence-corrected chi connectivity index (χ1v) is 8.18. The summed E-state index contributed by atoms with van der Waals surface area (Å²) >= 11 is 9.41. The van der Waals surface area contributed by atoms with Gasteiger partial charge in [-0.25, -0.2) is 0 Å². The van der Waals surface area contributed by atoms with E-state index in [0.717, 1.165) is 10.9 Å². The normalized spacial score (nSPS) is 11.8. The van der Waals surface area contributed by atoms with Crippen LogP contribution in [0, 0.1) is 0 Å². The summed E-state index contributed by atoms with van der Waals surface area (Å²) in [7, 11) is 0. The zero-order valence-electron chi connectivity index (χ0n) is 12.4. The molecule has 0 aliphatic carbocycles. The summed E-state index contributed by atoms with van der Waals surface area (Å²) in [6.45, 7) is 3.80. The van der Waals surface area contributed by atoms with Crippen LogP contribution in [0.1, 0.15) is 19.4 Å². The topological polar surface area (TPSA) is 38.3 Å². The Morgan fingerprint density at radius 1 is 1.27 bits per heavy atom. The van der Waals surface area contributed by atoms with Gasteiger partial charge in [-0.3, -0.25) is 4.79 Å². The molecule has 0 spiro atoms. The molecule has 116 valence electrons. The van der Waals surface area contributed by atoms with Gasteiger partial charge in [0.2, 0.25) is 0 Å². The van der Waals surface area contributed by atoms with Gasteiger partial charge in [0.1, 0.15) is 5.75 Å². The average Bonchev–Trinajstić information content (AvgIpc) is 2.50. The van der Waals surface area contributed by atoms with E-state index in [0.29, 0.717) is 16.5 Å². The second kappa shape index (κ2) is 7.65. The highest BCUT2D eigenvalue weighted by Crippen LogP contribution is 2.26. The number of aryl methyl sites for hydroxylation is 1. The molecule has 0 aliphatic rings. The minimum absolute atomic E-state index is 0.246. The maximum Gasteiger partial charge on any atom is 0.265 e. The highest BCUT2D eigenvalue weighted by molar-refractivity contribution is 9.10. The van der Waals surface area contributed by atoms with Gasteiger partial charge in [-0.2, -0.15) is 0 Å². The number of hydrogen-bond donors (Lipinski definition) is 1. The minimum atomic E-state index is -0.618. The van der Waals surface area contributed by atoms with Gasteiger partial charge in [0, 0.05) is 4.47 Å². The second-order valence-electron chi connectivity index (χ2n) is 4.87. The second-order valence-corrected chi connectivity index (χ2v) is 6.19. The first-order chi connectivity index (χ1) is 10.5. The predicted molar refractivity (Wildman–Crippen MR) is 93.7 cm³/mol. The molecular weight excluding hydrogens is 366 g/mol. The summed E-state index contributed by atoms with van der Waals surface area (Å²) in [5.74, 6) is 0.422. The fourth-order valence-electron chi connectivity index (χ4n) is 1.89. The van der Waals surface area contributed by atoms with Crippen molar-refractivity contribution in [2.24, 2.45) is 0 Å². The van der Waals surface area contributed by atoms with Crippen molar-refractivity contribution in [1.29, 1.82) is 0 Å². The molecule has 2 aromatic rings. The molecule has 3 nitrogen and oxygen atoms in total. The summed E-state index contributed by atoms with van der Waals surface area (Å²) in [6, 6.07) is 13.0. The number of anilines is 1. The number of hydrogen-bond acceptors (Lipinski definition) is 2. The lowest BCUT2D eigenvalue weighted by Gasteiger charge is -2.15. The van der Waals surface area contributed by atoms with Gasteiger partial charge in [-0.1, -0.05) is 46.6 Å². The Kier molecular flexibility index (Phi) is 5.86. The number of benzene rings is 2. The summed E-state index contributed by atoms with van der Waals surface area (Å²) in [5, 5.41) is 3.24. The fourth-order valence-corrected chi connectivity index (χ4v) is 2.61. The third-order valence-electron chi connectivity index (χ3n) is 3.20. The molecule has 1 unspecified atom stereocenters.